The predicted octanol–water partition coefficient (Wildman–Crippen LogP) is 4.46. The van der Waals surface area contributed by atoms with Gasteiger partial charge < -0.3 is 9.80 Å². The van der Waals surface area contributed by atoms with Gasteiger partial charge in [-0.1, -0.05) is 60.7 Å². The van der Waals surface area contributed by atoms with Crippen LogP contribution < -0.4 is 4.90 Å². The summed E-state index contributed by atoms with van der Waals surface area (Å²) in [7, 11) is -4.00. The molecule has 3 aromatic carbocycles. The summed E-state index contributed by atoms with van der Waals surface area (Å²) in [5, 5.41) is 8.59. The highest BCUT2D eigenvalue weighted by Gasteiger charge is 2.35. The fraction of sp³-hybridized carbons (Fsp3) is 0.179. The van der Waals surface area contributed by atoms with Crippen molar-refractivity contribution in [2.45, 2.75) is 10.1 Å². The van der Waals surface area contributed by atoms with Crippen molar-refractivity contribution in [2.24, 2.45) is 0 Å². The minimum absolute atomic E-state index is 0.0910. The first-order chi connectivity index (χ1) is 17.6. The van der Waals surface area contributed by atoms with Gasteiger partial charge in [0.2, 0.25) is 9.84 Å². The molecule has 0 radical (unpaired) electrons. The number of nitriles is 1. The Morgan fingerprint density at radius 1 is 0.806 bits per heavy atom. The molecule has 7 nitrogen and oxygen atoms in total. The Morgan fingerprint density at radius 3 is 2.03 bits per heavy atom. The van der Waals surface area contributed by atoms with Gasteiger partial charge in [-0.05, 0) is 42.1 Å². The molecule has 0 spiro atoms. The Bertz CT molecular complexity index is 1530. The third kappa shape index (κ3) is 4.79. The molecule has 1 saturated heterocycles. The van der Waals surface area contributed by atoms with Crippen molar-refractivity contribution in [1.82, 2.24) is 14.9 Å². The average molecular weight is 496 g/mol. The Labute approximate surface area is 210 Å². The van der Waals surface area contributed by atoms with Gasteiger partial charge in [0.1, 0.15) is 5.69 Å². The SMILES string of the molecule is N#C[C@H](c1nc2ccccc2nc1N1CCN(/C=C/c2ccccc2)CC1)S(=O)(=O)c1ccccc1. The third-order valence-corrected chi connectivity index (χ3v) is 8.10. The summed E-state index contributed by atoms with van der Waals surface area (Å²) in [6, 6.07) is 27.5. The van der Waals surface area contributed by atoms with Crippen LogP contribution in [0.1, 0.15) is 16.5 Å². The molecule has 180 valence electrons. The first-order valence-corrected chi connectivity index (χ1v) is 13.3. The lowest BCUT2D eigenvalue weighted by Crippen LogP contribution is -2.45. The van der Waals surface area contributed by atoms with Gasteiger partial charge in [-0.3, -0.25) is 0 Å². The molecular weight excluding hydrogens is 470 g/mol. The maximum Gasteiger partial charge on any atom is 0.200 e. The number of anilines is 1. The van der Waals surface area contributed by atoms with Crippen LogP contribution >= 0.6 is 0 Å². The quantitative estimate of drug-likeness (QED) is 0.390. The molecule has 4 aromatic rings. The predicted molar refractivity (Wildman–Crippen MR) is 141 cm³/mol. The fourth-order valence-electron chi connectivity index (χ4n) is 4.28. The number of para-hydroxylation sites is 2. The number of piperazine rings is 1. The zero-order chi connectivity index (χ0) is 25.0. The molecule has 0 saturated carbocycles. The maximum atomic E-state index is 13.5. The minimum Gasteiger partial charge on any atom is -0.374 e. The number of sulfone groups is 1. The largest absolute Gasteiger partial charge is 0.374 e. The first kappa shape index (κ1) is 23.5. The molecule has 0 amide bonds. The highest BCUT2D eigenvalue weighted by Crippen LogP contribution is 2.34. The van der Waals surface area contributed by atoms with E-state index in [2.05, 4.69) is 34.3 Å². The van der Waals surface area contributed by atoms with Crippen LogP contribution in [0.2, 0.25) is 0 Å². The van der Waals surface area contributed by atoms with Crippen molar-refractivity contribution >= 4 is 32.8 Å². The third-order valence-electron chi connectivity index (χ3n) is 6.22. The van der Waals surface area contributed by atoms with E-state index >= 15 is 0 Å². The highest BCUT2D eigenvalue weighted by atomic mass is 32.2. The van der Waals surface area contributed by atoms with E-state index in [1.54, 1.807) is 24.3 Å². The van der Waals surface area contributed by atoms with Crippen molar-refractivity contribution in [3.8, 4) is 6.07 Å². The highest BCUT2D eigenvalue weighted by molar-refractivity contribution is 7.92. The van der Waals surface area contributed by atoms with Crippen LogP contribution in [-0.4, -0.2) is 49.5 Å². The van der Waals surface area contributed by atoms with Crippen LogP contribution in [0, 0.1) is 11.3 Å². The molecule has 1 aromatic heterocycles. The van der Waals surface area contributed by atoms with E-state index in [4.69, 9.17) is 4.98 Å². The van der Waals surface area contributed by atoms with Crippen LogP contribution in [0.4, 0.5) is 5.82 Å². The number of hydrogen-bond donors (Lipinski definition) is 0. The Balaban J connectivity index is 1.47. The van der Waals surface area contributed by atoms with Crippen LogP contribution in [0.15, 0.2) is 96.0 Å². The zero-order valence-electron chi connectivity index (χ0n) is 19.6. The molecule has 0 unspecified atom stereocenters. The van der Waals surface area contributed by atoms with E-state index in [-0.39, 0.29) is 10.6 Å². The summed E-state index contributed by atoms with van der Waals surface area (Å²) in [5.74, 6) is 0.450. The molecule has 0 N–H and O–H groups in total. The van der Waals surface area contributed by atoms with Gasteiger partial charge >= 0.3 is 0 Å². The van der Waals surface area contributed by atoms with E-state index in [1.165, 1.54) is 12.1 Å². The van der Waals surface area contributed by atoms with Gasteiger partial charge in [-0.25, -0.2) is 18.4 Å². The topological polar surface area (TPSA) is 90.2 Å². The van der Waals surface area contributed by atoms with Crippen molar-refractivity contribution < 1.29 is 8.42 Å². The zero-order valence-corrected chi connectivity index (χ0v) is 20.4. The smallest absolute Gasteiger partial charge is 0.200 e. The number of hydrogen-bond acceptors (Lipinski definition) is 7. The molecule has 0 bridgehead atoms. The normalized spacial score (nSPS) is 15.2. The van der Waals surface area contributed by atoms with Gasteiger partial charge in [-0.2, -0.15) is 5.26 Å². The second kappa shape index (κ2) is 10.2. The Kier molecular flexibility index (Phi) is 6.65. The lowest BCUT2D eigenvalue weighted by Gasteiger charge is -2.35. The van der Waals surface area contributed by atoms with Gasteiger partial charge in [0.25, 0.3) is 0 Å². The number of benzene rings is 3. The van der Waals surface area contributed by atoms with Gasteiger partial charge in [0.05, 0.1) is 22.0 Å². The monoisotopic (exact) mass is 495 g/mol. The molecule has 1 fully saturated rings. The number of rotatable bonds is 6. The molecular formula is C28H25N5O2S. The van der Waals surface area contributed by atoms with E-state index in [9.17, 15) is 13.7 Å². The standard InChI is InChI=1S/C28H25N5O2S/c29-21-26(36(34,35)23-11-5-2-6-12-23)27-28(31-25-14-8-7-13-24(25)30-27)33-19-17-32(18-20-33)16-15-22-9-3-1-4-10-22/h1-16,26H,17-20H2/b16-15+/t26-/m1/s1. The van der Waals surface area contributed by atoms with Gasteiger partial charge in [0, 0.05) is 26.2 Å². The molecule has 8 heteroatoms. The first-order valence-electron chi connectivity index (χ1n) is 11.7. The van der Waals surface area contributed by atoms with Crippen LogP contribution in [0.5, 0.6) is 0 Å². The van der Waals surface area contributed by atoms with E-state index in [1.807, 2.05) is 47.4 Å². The van der Waals surface area contributed by atoms with E-state index in [0.29, 0.717) is 29.9 Å². The summed E-state index contributed by atoms with van der Waals surface area (Å²) >= 11 is 0. The molecule has 5 rings (SSSR count). The van der Waals surface area contributed by atoms with E-state index in [0.717, 1.165) is 18.7 Å². The van der Waals surface area contributed by atoms with Crippen molar-refractivity contribution in [1.29, 1.82) is 5.26 Å². The van der Waals surface area contributed by atoms with Gasteiger partial charge in [-0.15, -0.1) is 0 Å². The molecule has 2 heterocycles. The average Bonchev–Trinajstić information content (AvgIpc) is 2.93. The summed E-state index contributed by atoms with van der Waals surface area (Å²) in [6.07, 6.45) is 4.16. The molecule has 1 aliphatic heterocycles. The second-order valence-electron chi connectivity index (χ2n) is 8.54. The molecule has 36 heavy (non-hydrogen) atoms. The van der Waals surface area contributed by atoms with Crippen molar-refractivity contribution in [3.05, 3.63) is 102 Å². The molecule has 1 atom stereocenters. The van der Waals surface area contributed by atoms with Crippen molar-refractivity contribution in [3.63, 3.8) is 0 Å². The summed E-state index contributed by atoms with van der Waals surface area (Å²) in [6.45, 7) is 2.73. The van der Waals surface area contributed by atoms with Crippen molar-refractivity contribution in [2.75, 3.05) is 31.1 Å². The molecule has 0 aliphatic carbocycles. The second-order valence-corrected chi connectivity index (χ2v) is 10.6. The van der Waals surface area contributed by atoms with Gasteiger partial charge in [0.15, 0.2) is 11.1 Å². The minimum atomic E-state index is -4.00. The van der Waals surface area contributed by atoms with E-state index < -0.39 is 15.1 Å². The lowest BCUT2D eigenvalue weighted by molar-refractivity contribution is 0.349. The summed E-state index contributed by atoms with van der Waals surface area (Å²) < 4.78 is 27.0. The van der Waals surface area contributed by atoms with Crippen LogP contribution in [-0.2, 0) is 9.84 Å². The number of fused-ring (bicyclic) bond motifs is 1. The van der Waals surface area contributed by atoms with Crippen LogP contribution in [0.3, 0.4) is 0 Å². The Morgan fingerprint density at radius 2 is 1.39 bits per heavy atom. The lowest BCUT2D eigenvalue weighted by atomic mass is 10.2. The Hall–Kier alpha value is -4.22. The molecule has 1 aliphatic rings. The summed E-state index contributed by atoms with van der Waals surface area (Å²) in [5.41, 5.74) is 2.53. The fourth-order valence-corrected chi connectivity index (χ4v) is 5.67. The van der Waals surface area contributed by atoms with Crippen LogP contribution in [0.25, 0.3) is 17.1 Å². The number of aromatic nitrogens is 2. The maximum absolute atomic E-state index is 13.5. The summed E-state index contributed by atoms with van der Waals surface area (Å²) in [4.78, 5) is 13.8. The number of nitrogens with zero attached hydrogens (tertiary/aromatic N) is 5.